The second-order valence-corrected chi connectivity index (χ2v) is 9.81. The molecule has 1 saturated heterocycles. The van der Waals surface area contributed by atoms with Gasteiger partial charge in [0.15, 0.2) is 5.75 Å². The van der Waals surface area contributed by atoms with E-state index in [-0.39, 0.29) is 71.4 Å². The first kappa shape index (κ1) is 24.3. The minimum absolute atomic E-state index is 0.000648. The number of amides is 2. The van der Waals surface area contributed by atoms with Crippen molar-refractivity contribution in [2.75, 3.05) is 46.4 Å². The van der Waals surface area contributed by atoms with Crippen LogP contribution in [-0.2, 0) is 0 Å². The SMILES string of the molecule is CC1CN(C)CC=C1c1nc(-c2c(O)cccc2F)c(Cl)c2c1C(=O)N1CCN(C(=O)O)C[C@@H]1CO2. The fourth-order valence-corrected chi connectivity index (χ4v) is 5.47. The second kappa shape index (κ2) is 9.25. The van der Waals surface area contributed by atoms with Crippen LogP contribution in [0.2, 0.25) is 5.02 Å². The first-order valence-corrected chi connectivity index (χ1v) is 12.1. The molecular formula is C25H26ClFN4O5. The van der Waals surface area contributed by atoms with Crippen LogP contribution in [0.5, 0.6) is 11.5 Å². The van der Waals surface area contributed by atoms with Crippen molar-refractivity contribution in [3.05, 3.63) is 46.4 Å². The molecule has 1 fully saturated rings. The molecule has 3 aliphatic heterocycles. The van der Waals surface area contributed by atoms with Crippen LogP contribution in [0.4, 0.5) is 9.18 Å². The molecule has 4 heterocycles. The normalized spacial score (nSPS) is 22.3. The molecule has 1 unspecified atom stereocenters. The lowest BCUT2D eigenvalue weighted by molar-refractivity contribution is 0.0390. The smallest absolute Gasteiger partial charge is 0.407 e. The fourth-order valence-electron chi connectivity index (χ4n) is 5.19. The van der Waals surface area contributed by atoms with Crippen molar-refractivity contribution in [2.24, 2.45) is 5.92 Å². The Kier molecular flexibility index (Phi) is 6.25. The Balaban J connectivity index is 1.72. The molecule has 0 saturated carbocycles. The zero-order valence-electron chi connectivity index (χ0n) is 19.9. The Morgan fingerprint density at radius 3 is 2.69 bits per heavy atom. The number of rotatable bonds is 2. The molecule has 0 spiro atoms. The summed E-state index contributed by atoms with van der Waals surface area (Å²) in [6, 6.07) is 3.39. The number of ether oxygens (including phenoxy) is 1. The predicted octanol–water partition coefficient (Wildman–Crippen LogP) is 3.41. The molecule has 2 atom stereocenters. The molecule has 1 aromatic heterocycles. The Labute approximate surface area is 212 Å². The van der Waals surface area contributed by atoms with E-state index >= 15 is 0 Å². The molecule has 11 heteroatoms. The number of piperazine rings is 1. The Hall–Kier alpha value is -3.37. The van der Waals surface area contributed by atoms with Crippen molar-refractivity contribution >= 4 is 29.2 Å². The van der Waals surface area contributed by atoms with Crippen LogP contribution in [-0.4, -0.2) is 94.3 Å². The number of carboxylic acid groups (broad SMARTS) is 1. The summed E-state index contributed by atoms with van der Waals surface area (Å²) in [5.41, 5.74) is 1.11. The minimum Gasteiger partial charge on any atom is -0.507 e. The largest absolute Gasteiger partial charge is 0.507 e. The molecule has 2 aromatic rings. The van der Waals surface area contributed by atoms with Gasteiger partial charge < -0.3 is 29.6 Å². The maximum Gasteiger partial charge on any atom is 0.407 e. The Bertz CT molecular complexity index is 1270. The monoisotopic (exact) mass is 516 g/mol. The minimum atomic E-state index is -1.06. The second-order valence-electron chi connectivity index (χ2n) is 9.43. The average molecular weight is 517 g/mol. The van der Waals surface area contributed by atoms with Gasteiger partial charge in [-0.3, -0.25) is 4.79 Å². The molecule has 2 amide bonds. The van der Waals surface area contributed by atoms with Crippen molar-refractivity contribution in [3.8, 4) is 22.8 Å². The maximum absolute atomic E-state index is 14.9. The highest BCUT2D eigenvalue weighted by molar-refractivity contribution is 6.35. The van der Waals surface area contributed by atoms with Gasteiger partial charge in [0.05, 0.1) is 17.3 Å². The highest BCUT2D eigenvalue weighted by atomic mass is 35.5. The van der Waals surface area contributed by atoms with Gasteiger partial charge >= 0.3 is 6.09 Å². The van der Waals surface area contributed by atoms with Crippen molar-refractivity contribution in [1.29, 1.82) is 0 Å². The van der Waals surface area contributed by atoms with Crippen LogP contribution in [0.15, 0.2) is 24.3 Å². The van der Waals surface area contributed by atoms with Crippen LogP contribution in [0, 0.1) is 11.7 Å². The fraction of sp³-hybridized carbons (Fsp3) is 0.400. The number of benzene rings is 1. The van der Waals surface area contributed by atoms with E-state index in [4.69, 9.17) is 21.3 Å². The lowest BCUT2D eigenvalue weighted by Crippen LogP contribution is -2.57. The third kappa shape index (κ3) is 4.04. The third-order valence-corrected chi connectivity index (χ3v) is 7.33. The van der Waals surface area contributed by atoms with E-state index in [0.717, 1.165) is 12.1 Å². The first-order valence-electron chi connectivity index (χ1n) is 11.7. The number of fused-ring (bicyclic) bond motifs is 2. The summed E-state index contributed by atoms with van der Waals surface area (Å²) in [6.45, 7) is 3.85. The number of carbonyl (C=O) groups excluding carboxylic acids is 1. The number of aromatic nitrogens is 1. The van der Waals surface area contributed by atoms with Crippen LogP contribution in [0.1, 0.15) is 23.0 Å². The molecular weight excluding hydrogens is 491 g/mol. The highest BCUT2D eigenvalue weighted by Gasteiger charge is 2.41. The third-order valence-electron chi connectivity index (χ3n) is 6.98. The number of nitrogens with zero attached hydrogens (tertiary/aromatic N) is 4. The molecule has 5 rings (SSSR count). The molecule has 190 valence electrons. The Morgan fingerprint density at radius 2 is 2.00 bits per heavy atom. The summed E-state index contributed by atoms with van der Waals surface area (Å²) in [6.07, 6.45) is 0.917. The number of likely N-dealkylation sites (N-methyl/N-ethyl adjacent to an activating group) is 1. The van der Waals surface area contributed by atoms with E-state index in [1.54, 1.807) is 4.90 Å². The first-order chi connectivity index (χ1) is 17.2. The number of phenolic OH excluding ortho intramolecular Hbond substituents is 1. The zero-order chi connectivity index (χ0) is 25.7. The van der Waals surface area contributed by atoms with E-state index in [1.807, 2.05) is 20.0 Å². The quantitative estimate of drug-likeness (QED) is 0.630. The Morgan fingerprint density at radius 1 is 1.22 bits per heavy atom. The van der Waals surface area contributed by atoms with Gasteiger partial charge in [0.1, 0.15) is 34.5 Å². The summed E-state index contributed by atoms with van der Waals surface area (Å²) in [4.78, 5) is 35.2. The van der Waals surface area contributed by atoms with Crippen LogP contribution in [0.25, 0.3) is 16.8 Å². The number of pyridine rings is 1. The number of aromatic hydroxyl groups is 1. The summed E-state index contributed by atoms with van der Waals surface area (Å²) in [5.74, 6) is -1.35. The van der Waals surface area contributed by atoms with E-state index in [1.165, 1.54) is 23.1 Å². The van der Waals surface area contributed by atoms with Crippen molar-refractivity contribution in [2.45, 2.75) is 13.0 Å². The van der Waals surface area contributed by atoms with Crippen molar-refractivity contribution < 1.29 is 28.9 Å². The van der Waals surface area contributed by atoms with E-state index < -0.39 is 18.0 Å². The van der Waals surface area contributed by atoms with E-state index in [0.29, 0.717) is 12.2 Å². The number of carbonyl (C=O) groups is 2. The molecule has 0 aliphatic carbocycles. The summed E-state index contributed by atoms with van der Waals surface area (Å²) in [7, 11) is 1.99. The van der Waals surface area contributed by atoms with Gasteiger partial charge in [0.2, 0.25) is 0 Å². The van der Waals surface area contributed by atoms with Gasteiger partial charge in [-0.25, -0.2) is 14.2 Å². The van der Waals surface area contributed by atoms with Gasteiger partial charge in [-0.2, -0.15) is 0 Å². The van der Waals surface area contributed by atoms with Gasteiger partial charge in [0, 0.05) is 32.7 Å². The van der Waals surface area contributed by atoms with E-state index in [9.17, 15) is 24.2 Å². The zero-order valence-corrected chi connectivity index (χ0v) is 20.6. The number of hydrogen-bond donors (Lipinski definition) is 2. The standard InChI is InChI=1S/C25H26ClFN4O5/c1-13-10-29(2)7-6-15(13)21-19-23(20(26)22(28-21)18-16(27)4-3-5-17(18)32)36-12-14-11-30(25(34)35)8-9-31(14)24(19)33/h3-6,13-14,32H,7-12H2,1-2H3,(H,34,35)/t13?,14-/m1/s1. The highest BCUT2D eigenvalue weighted by Crippen LogP contribution is 2.46. The number of halogens is 2. The summed E-state index contributed by atoms with van der Waals surface area (Å²) in [5, 5.41) is 19.8. The molecule has 0 bridgehead atoms. The molecule has 36 heavy (non-hydrogen) atoms. The maximum atomic E-state index is 14.9. The van der Waals surface area contributed by atoms with Crippen molar-refractivity contribution in [1.82, 2.24) is 19.7 Å². The number of hydrogen-bond acceptors (Lipinski definition) is 6. The van der Waals surface area contributed by atoms with Gasteiger partial charge in [-0.1, -0.05) is 30.7 Å². The predicted molar refractivity (Wildman–Crippen MR) is 131 cm³/mol. The van der Waals surface area contributed by atoms with Gasteiger partial charge in [-0.05, 0) is 30.7 Å². The lowest BCUT2D eigenvalue weighted by atomic mass is 9.90. The van der Waals surface area contributed by atoms with Crippen molar-refractivity contribution in [3.63, 3.8) is 0 Å². The van der Waals surface area contributed by atoms with Gasteiger partial charge in [0.25, 0.3) is 5.91 Å². The number of phenols is 1. The lowest BCUT2D eigenvalue weighted by Gasteiger charge is -2.38. The van der Waals surface area contributed by atoms with Crippen LogP contribution >= 0.6 is 11.6 Å². The topological polar surface area (TPSA) is 106 Å². The van der Waals surface area contributed by atoms with Crippen LogP contribution < -0.4 is 4.74 Å². The summed E-state index contributed by atoms with van der Waals surface area (Å²) >= 11 is 6.72. The molecule has 2 N–H and O–H groups in total. The van der Waals surface area contributed by atoms with E-state index in [2.05, 4.69) is 4.90 Å². The van der Waals surface area contributed by atoms with Crippen LogP contribution in [0.3, 0.4) is 0 Å². The average Bonchev–Trinajstić information content (AvgIpc) is 2.97. The van der Waals surface area contributed by atoms with Gasteiger partial charge in [-0.15, -0.1) is 0 Å². The molecule has 1 aromatic carbocycles. The molecule has 0 radical (unpaired) electrons. The summed E-state index contributed by atoms with van der Waals surface area (Å²) < 4.78 is 21.0. The molecule has 9 nitrogen and oxygen atoms in total. The molecule has 3 aliphatic rings.